The van der Waals surface area contributed by atoms with Crippen LogP contribution < -0.4 is 5.32 Å². The van der Waals surface area contributed by atoms with Crippen LogP contribution in [0.2, 0.25) is 0 Å². The second-order valence-electron chi connectivity index (χ2n) is 7.32. The summed E-state index contributed by atoms with van der Waals surface area (Å²) in [6, 6.07) is 0. The van der Waals surface area contributed by atoms with Crippen molar-refractivity contribution in [2.75, 3.05) is 46.3 Å². The first kappa shape index (κ1) is 14.2. The molecule has 2 heterocycles. The van der Waals surface area contributed by atoms with Gasteiger partial charge in [0, 0.05) is 33.2 Å². The summed E-state index contributed by atoms with van der Waals surface area (Å²) in [6.07, 6.45) is 6.87. The monoisotopic (exact) mass is 278 g/mol. The first-order valence-electron chi connectivity index (χ1n) is 8.36. The summed E-state index contributed by atoms with van der Waals surface area (Å²) in [7, 11) is 1.92. The van der Waals surface area contributed by atoms with E-state index in [1.807, 2.05) is 7.05 Å². The average molecular weight is 278 g/mol. The lowest BCUT2D eigenvalue weighted by Gasteiger charge is -2.24. The Morgan fingerprint density at radius 3 is 2.65 bits per heavy atom. The zero-order valence-corrected chi connectivity index (χ0v) is 13.2. The van der Waals surface area contributed by atoms with Gasteiger partial charge in [-0.05, 0) is 56.5 Å². The predicted molar refractivity (Wildman–Crippen MR) is 84.1 cm³/mol. The molecule has 1 N–H and O–H groups in total. The van der Waals surface area contributed by atoms with Gasteiger partial charge >= 0.3 is 0 Å². The molecular weight excluding hydrogens is 248 g/mol. The molecule has 0 aromatic heterocycles. The van der Waals surface area contributed by atoms with Crippen molar-refractivity contribution in [1.82, 2.24) is 15.1 Å². The van der Waals surface area contributed by atoms with Gasteiger partial charge in [-0.1, -0.05) is 6.92 Å². The molecule has 0 amide bonds. The highest BCUT2D eigenvalue weighted by molar-refractivity contribution is 5.80. The Hall–Kier alpha value is -0.770. The molecule has 114 valence electrons. The lowest BCUT2D eigenvalue weighted by atomic mass is 10.1. The Balaban J connectivity index is 1.44. The number of nitrogens with one attached hydrogen (secondary N) is 1. The molecule has 0 spiro atoms. The first-order chi connectivity index (χ1) is 9.68. The molecule has 1 atom stereocenters. The highest BCUT2D eigenvalue weighted by Crippen LogP contribution is 2.44. The molecule has 3 aliphatic rings. The molecule has 2 aliphatic heterocycles. The molecule has 20 heavy (non-hydrogen) atoms. The van der Waals surface area contributed by atoms with Crippen molar-refractivity contribution in [1.29, 1.82) is 0 Å². The summed E-state index contributed by atoms with van der Waals surface area (Å²) in [4.78, 5) is 9.60. The zero-order chi connectivity index (χ0) is 14.0. The van der Waals surface area contributed by atoms with Crippen LogP contribution in [0.25, 0.3) is 0 Å². The Kier molecular flexibility index (Phi) is 4.20. The summed E-state index contributed by atoms with van der Waals surface area (Å²) in [5, 5.41) is 3.59. The van der Waals surface area contributed by atoms with Gasteiger partial charge in [-0.15, -0.1) is 0 Å². The number of rotatable bonds is 4. The normalized spacial score (nSPS) is 30.0. The van der Waals surface area contributed by atoms with Crippen molar-refractivity contribution in [3.8, 4) is 0 Å². The quantitative estimate of drug-likeness (QED) is 0.628. The molecule has 4 heteroatoms. The lowest BCUT2D eigenvalue weighted by Crippen LogP contribution is -2.42. The third-order valence-corrected chi connectivity index (χ3v) is 5.29. The third-order valence-electron chi connectivity index (χ3n) is 5.29. The van der Waals surface area contributed by atoms with Crippen molar-refractivity contribution in [2.24, 2.45) is 16.3 Å². The molecule has 0 aromatic carbocycles. The van der Waals surface area contributed by atoms with Gasteiger partial charge in [0.2, 0.25) is 0 Å². The van der Waals surface area contributed by atoms with E-state index in [0.717, 1.165) is 18.4 Å². The standard InChI is InChI=1S/C16H30N4/c1-16(6-7-16)13-18-15(17-2)20-10-5-14(12-20)11-19-8-3-4-9-19/h14H,3-13H2,1-2H3,(H,17,18). The van der Waals surface area contributed by atoms with Crippen molar-refractivity contribution >= 4 is 5.96 Å². The zero-order valence-electron chi connectivity index (χ0n) is 13.2. The van der Waals surface area contributed by atoms with E-state index in [9.17, 15) is 0 Å². The summed E-state index contributed by atoms with van der Waals surface area (Å²) < 4.78 is 0. The average Bonchev–Trinajstić information content (AvgIpc) is 2.88. The first-order valence-corrected chi connectivity index (χ1v) is 8.36. The van der Waals surface area contributed by atoms with Crippen LogP contribution in [0.1, 0.15) is 39.0 Å². The number of aliphatic imine (C=N–C) groups is 1. The van der Waals surface area contributed by atoms with Crippen LogP contribution in [0.5, 0.6) is 0 Å². The van der Waals surface area contributed by atoms with Crippen molar-refractivity contribution in [3.05, 3.63) is 0 Å². The largest absolute Gasteiger partial charge is 0.356 e. The fraction of sp³-hybridized carbons (Fsp3) is 0.938. The van der Waals surface area contributed by atoms with E-state index in [-0.39, 0.29) is 0 Å². The van der Waals surface area contributed by atoms with Crippen LogP contribution in [0.3, 0.4) is 0 Å². The van der Waals surface area contributed by atoms with Crippen LogP contribution in [0, 0.1) is 11.3 Å². The minimum Gasteiger partial charge on any atom is -0.356 e. The molecule has 3 rings (SSSR count). The predicted octanol–water partition coefficient (Wildman–Crippen LogP) is 1.78. The molecule has 3 fully saturated rings. The minimum atomic E-state index is 0.546. The molecular formula is C16H30N4. The van der Waals surface area contributed by atoms with E-state index in [0.29, 0.717) is 5.41 Å². The molecule has 4 nitrogen and oxygen atoms in total. The lowest BCUT2D eigenvalue weighted by molar-refractivity contribution is 0.281. The minimum absolute atomic E-state index is 0.546. The van der Waals surface area contributed by atoms with Crippen molar-refractivity contribution in [2.45, 2.75) is 39.0 Å². The van der Waals surface area contributed by atoms with Gasteiger partial charge in [-0.3, -0.25) is 4.99 Å². The Morgan fingerprint density at radius 2 is 2.00 bits per heavy atom. The molecule has 0 aromatic rings. The van der Waals surface area contributed by atoms with Gasteiger partial charge in [0.15, 0.2) is 5.96 Å². The van der Waals surface area contributed by atoms with E-state index in [4.69, 9.17) is 0 Å². The summed E-state index contributed by atoms with van der Waals surface area (Å²) >= 11 is 0. The Labute approximate surface area is 123 Å². The SMILES string of the molecule is CN=C(NCC1(C)CC1)N1CCC(CN2CCCC2)C1. The van der Waals surface area contributed by atoms with E-state index >= 15 is 0 Å². The number of likely N-dealkylation sites (tertiary alicyclic amines) is 2. The van der Waals surface area contributed by atoms with E-state index in [2.05, 4.69) is 27.0 Å². The molecule has 0 bridgehead atoms. The van der Waals surface area contributed by atoms with E-state index < -0.39 is 0 Å². The number of nitrogens with zero attached hydrogens (tertiary/aromatic N) is 3. The molecule has 2 saturated heterocycles. The summed E-state index contributed by atoms with van der Waals surface area (Å²) in [5.74, 6) is 1.96. The van der Waals surface area contributed by atoms with Crippen LogP contribution in [0.4, 0.5) is 0 Å². The van der Waals surface area contributed by atoms with Gasteiger partial charge in [0.1, 0.15) is 0 Å². The van der Waals surface area contributed by atoms with Crippen molar-refractivity contribution < 1.29 is 0 Å². The molecule has 0 radical (unpaired) electrons. The van der Waals surface area contributed by atoms with Crippen LogP contribution in [0.15, 0.2) is 4.99 Å². The number of guanidine groups is 1. The van der Waals surface area contributed by atoms with E-state index in [1.54, 1.807) is 0 Å². The second-order valence-corrected chi connectivity index (χ2v) is 7.32. The van der Waals surface area contributed by atoms with Crippen molar-refractivity contribution in [3.63, 3.8) is 0 Å². The third kappa shape index (κ3) is 3.46. The highest BCUT2D eigenvalue weighted by atomic mass is 15.3. The van der Waals surface area contributed by atoms with Gasteiger partial charge in [0.05, 0.1) is 0 Å². The number of hydrogen-bond donors (Lipinski definition) is 1. The Bertz CT molecular complexity index is 355. The maximum atomic E-state index is 4.49. The molecule has 1 saturated carbocycles. The summed E-state index contributed by atoms with van der Waals surface area (Å²) in [6.45, 7) is 9.76. The molecule has 1 unspecified atom stereocenters. The smallest absolute Gasteiger partial charge is 0.193 e. The molecule has 1 aliphatic carbocycles. The number of hydrogen-bond acceptors (Lipinski definition) is 2. The fourth-order valence-electron chi connectivity index (χ4n) is 3.52. The van der Waals surface area contributed by atoms with Gasteiger partial charge in [-0.2, -0.15) is 0 Å². The van der Waals surface area contributed by atoms with Gasteiger partial charge < -0.3 is 15.1 Å². The fourth-order valence-corrected chi connectivity index (χ4v) is 3.52. The maximum Gasteiger partial charge on any atom is 0.193 e. The van der Waals surface area contributed by atoms with Crippen LogP contribution >= 0.6 is 0 Å². The van der Waals surface area contributed by atoms with Gasteiger partial charge in [-0.25, -0.2) is 0 Å². The second kappa shape index (κ2) is 5.92. The summed E-state index contributed by atoms with van der Waals surface area (Å²) in [5.41, 5.74) is 0.546. The highest BCUT2D eigenvalue weighted by Gasteiger charge is 2.37. The van der Waals surface area contributed by atoms with Gasteiger partial charge in [0.25, 0.3) is 0 Å². The topological polar surface area (TPSA) is 30.9 Å². The maximum absolute atomic E-state index is 4.49. The Morgan fingerprint density at radius 1 is 1.25 bits per heavy atom. The van der Waals surface area contributed by atoms with Crippen LogP contribution in [-0.2, 0) is 0 Å². The van der Waals surface area contributed by atoms with Crippen LogP contribution in [-0.4, -0.2) is 62.1 Å². The van der Waals surface area contributed by atoms with E-state index in [1.165, 1.54) is 64.8 Å².